The van der Waals surface area contributed by atoms with Crippen molar-refractivity contribution >= 4 is 11.8 Å². The minimum atomic E-state index is 1.04. The van der Waals surface area contributed by atoms with E-state index in [1.165, 1.54) is 9.80 Å². The SMILES string of the molecule is C1=CCC=CC(Sc2ccccc2)=C1. The lowest BCUT2D eigenvalue weighted by atomic mass is 10.4. The summed E-state index contributed by atoms with van der Waals surface area (Å²) in [5.74, 6) is 0. The summed E-state index contributed by atoms with van der Waals surface area (Å²) in [5.41, 5.74) is 0. The summed E-state index contributed by atoms with van der Waals surface area (Å²) in [7, 11) is 0. The molecule has 0 aliphatic heterocycles. The Morgan fingerprint density at radius 2 is 1.86 bits per heavy atom. The lowest BCUT2D eigenvalue weighted by molar-refractivity contribution is 1.40. The van der Waals surface area contributed by atoms with Gasteiger partial charge in [0.2, 0.25) is 0 Å². The van der Waals surface area contributed by atoms with E-state index in [2.05, 4.69) is 54.6 Å². The molecule has 0 atom stereocenters. The average Bonchev–Trinajstić information content (AvgIpc) is 2.48. The molecular formula is C13H12S. The van der Waals surface area contributed by atoms with Crippen LogP contribution in [0.15, 0.2) is 70.5 Å². The van der Waals surface area contributed by atoms with Crippen molar-refractivity contribution in [1.82, 2.24) is 0 Å². The molecule has 1 aliphatic carbocycles. The number of hydrogen-bond acceptors (Lipinski definition) is 1. The van der Waals surface area contributed by atoms with Gasteiger partial charge < -0.3 is 0 Å². The van der Waals surface area contributed by atoms with E-state index >= 15 is 0 Å². The van der Waals surface area contributed by atoms with Crippen molar-refractivity contribution in [2.45, 2.75) is 11.3 Å². The third-order valence-electron chi connectivity index (χ3n) is 1.93. The molecule has 0 unspecified atom stereocenters. The van der Waals surface area contributed by atoms with Crippen molar-refractivity contribution in [1.29, 1.82) is 0 Å². The summed E-state index contributed by atoms with van der Waals surface area (Å²) in [5, 5.41) is 0. The second-order valence-electron chi connectivity index (χ2n) is 3.05. The molecule has 0 amide bonds. The van der Waals surface area contributed by atoms with E-state index in [0.29, 0.717) is 0 Å². The third kappa shape index (κ3) is 2.64. The fraction of sp³-hybridized carbons (Fsp3) is 0.0769. The minimum Gasteiger partial charge on any atom is -0.0901 e. The van der Waals surface area contributed by atoms with Crippen molar-refractivity contribution in [3.8, 4) is 0 Å². The van der Waals surface area contributed by atoms with Crippen LogP contribution in [0.25, 0.3) is 0 Å². The molecule has 0 spiro atoms. The van der Waals surface area contributed by atoms with Gasteiger partial charge in [0.15, 0.2) is 0 Å². The zero-order valence-corrected chi connectivity index (χ0v) is 8.71. The molecule has 0 heterocycles. The first kappa shape index (κ1) is 9.35. The van der Waals surface area contributed by atoms with Crippen LogP contribution in [0.5, 0.6) is 0 Å². The molecule has 0 fully saturated rings. The zero-order valence-electron chi connectivity index (χ0n) is 7.89. The van der Waals surface area contributed by atoms with Crippen molar-refractivity contribution < 1.29 is 0 Å². The highest BCUT2D eigenvalue weighted by Gasteiger charge is 1.96. The summed E-state index contributed by atoms with van der Waals surface area (Å²) < 4.78 is 0. The Bertz CT molecular complexity index is 371. The minimum absolute atomic E-state index is 1.04. The summed E-state index contributed by atoms with van der Waals surface area (Å²) in [6.07, 6.45) is 11.8. The first-order valence-corrected chi connectivity index (χ1v) is 5.53. The van der Waals surface area contributed by atoms with E-state index in [9.17, 15) is 0 Å². The number of allylic oxidation sites excluding steroid dienone is 5. The Morgan fingerprint density at radius 3 is 2.71 bits per heavy atom. The normalized spacial score (nSPS) is 15.0. The summed E-state index contributed by atoms with van der Waals surface area (Å²) >= 11 is 1.80. The quantitative estimate of drug-likeness (QED) is 0.690. The number of hydrogen-bond donors (Lipinski definition) is 0. The molecule has 0 aromatic heterocycles. The van der Waals surface area contributed by atoms with Crippen LogP contribution in [-0.2, 0) is 0 Å². The molecule has 0 nitrogen and oxygen atoms in total. The van der Waals surface area contributed by atoms with E-state index < -0.39 is 0 Å². The Hall–Kier alpha value is -1.21. The van der Waals surface area contributed by atoms with Gasteiger partial charge in [-0.3, -0.25) is 0 Å². The molecule has 1 heteroatoms. The van der Waals surface area contributed by atoms with Gasteiger partial charge in [0, 0.05) is 9.80 Å². The standard InChI is InChI=1S/C13H12S/c1-2-5-9-12(8-4-1)14-13-10-6-3-7-11-13/h1,3-11H,2H2. The van der Waals surface area contributed by atoms with Crippen LogP contribution < -0.4 is 0 Å². The van der Waals surface area contributed by atoms with E-state index in [-0.39, 0.29) is 0 Å². The molecule has 0 radical (unpaired) electrons. The third-order valence-corrected chi connectivity index (χ3v) is 2.95. The van der Waals surface area contributed by atoms with Crippen LogP contribution in [0.2, 0.25) is 0 Å². The predicted octanol–water partition coefficient (Wildman–Crippen LogP) is 4.18. The lowest BCUT2D eigenvalue weighted by Gasteiger charge is -2.00. The van der Waals surface area contributed by atoms with Crippen LogP contribution >= 0.6 is 11.8 Å². The summed E-state index contributed by atoms with van der Waals surface area (Å²) in [4.78, 5) is 2.59. The smallest absolute Gasteiger partial charge is 0.0122 e. The number of benzene rings is 1. The summed E-state index contributed by atoms with van der Waals surface area (Å²) in [6, 6.07) is 10.4. The zero-order chi connectivity index (χ0) is 9.64. The highest BCUT2D eigenvalue weighted by molar-refractivity contribution is 8.03. The van der Waals surface area contributed by atoms with Gasteiger partial charge in [0.25, 0.3) is 0 Å². The van der Waals surface area contributed by atoms with Crippen LogP contribution in [0.1, 0.15) is 6.42 Å². The van der Waals surface area contributed by atoms with Crippen LogP contribution in [-0.4, -0.2) is 0 Å². The Balaban J connectivity index is 2.11. The van der Waals surface area contributed by atoms with E-state index in [1.54, 1.807) is 11.8 Å². The van der Waals surface area contributed by atoms with Gasteiger partial charge in [-0.1, -0.05) is 54.3 Å². The van der Waals surface area contributed by atoms with E-state index in [0.717, 1.165) is 6.42 Å². The van der Waals surface area contributed by atoms with E-state index in [4.69, 9.17) is 0 Å². The van der Waals surface area contributed by atoms with Crippen LogP contribution in [0, 0.1) is 0 Å². The maximum atomic E-state index is 2.19. The van der Waals surface area contributed by atoms with Gasteiger partial charge >= 0.3 is 0 Å². The van der Waals surface area contributed by atoms with E-state index in [1.807, 2.05) is 6.07 Å². The maximum Gasteiger partial charge on any atom is 0.0122 e. The van der Waals surface area contributed by atoms with Gasteiger partial charge in [-0.05, 0) is 24.6 Å². The molecule has 2 rings (SSSR count). The second kappa shape index (κ2) is 4.87. The van der Waals surface area contributed by atoms with Crippen LogP contribution in [0.3, 0.4) is 0 Å². The fourth-order valence-corrected chi connectivity index (χ4v) is 2.13. The molecule has 14 heavy (non-hydrogen) atoms. The highest BCUT2D eigenvalue weighted by atomic mass is 32.2. The molecule has 0 N–H and O–H groups in total. The number of rotatable bonds is 2. The largest absolute Gasteiger partial charge is 0.0901 e. The van der Waals surface area contributed by atoms with Crippen molar-refractivity contribution in [3.63, 3.8) is 0 Å². The van der Waals surface area contributed by atoms with Crippen molar-refractivity contribution in [2.24, 2.45) is 0 Å². The van der Waals surface area contributed by atoms with Gasteiger partial charge in [-0.2, -0.15) is 0 Å². The number of thioether (sulfide) groups is 1. The topological polar surface area (TPSA) is 0 Å². The summed E-state index contributed by atoms with van der Waals surface area (Å²) in [6.45, 7) is 0. The Morgan fingerprint density at radius 1 is 1.00 bits per heavy atom. The van der Waals surface area contributed by atoms with Crippen molar-refractivity contribution in [2.75, 3.05) is 0 Å². The highest BCUT2D eigenvalue weighted by Crippen LogP contribution is 2.27. The monoisotopic (exact) mass is 200 g/mol. The Labute approximate surface area is 89.0 Å². The molecular weight excluding hydrogens is 188 g/mol. The first-order valence-electron chi connectivity index (χ1n) is 4.71. The van der Waals surface area contributed by atoms with Gasteiger partial charge in [0.05, 0.1) is 0 Å². The molecule has 0 saturated carbocycles. The van der Waals surface area contributed by atoms with Crippen LogP contribution in [0.4, 0.5) is 0 Å². The van der Waals surface area contributed by atoms with Gasteiger partial charge in [-0.15, -0.1) is 0 Å². The maximum absolute atomic E-state index is 2.19. The van der Waals surface area contributed by atoms with Gasteiger partial charge in [0.1, 0.15) is 0 Å². The van der Waals surface area contributed by atoms with Crippen molar-refractivity contribution in [3.05, 3.63) is 65.6 Å². The average molecular weight is 200 g/mol. The molecule has 1 aliphatic rings. The fourth-order valence-electron chi connectivity index (χ4n) is 1.25. The molecule has 0 bridgehead atoms. The molecule has 1 aromatic carbocycles. The molecule has 70 valence electrons. The van der Waals surface area contributed by atoms with Gasteiger partial charge in [-0.25, -0.2) is 0 Å². The molecule has 0 saturated heterocycles. The molecule has 1 aromatic rings. The first-order chi connectivity index (χ1) is 6.95. The predicted molar refractivity (Wildman–Crippen MR) is 63.3 cm³/mol. The lowest BCUT2D eigenvalue weighted by Crippen LogP contribution is -1.71. The second-order valence-corrected chi connectivity index (χ2v) is 4.20. The Kier molecular flexibility index (Phi) is 3.25.